The van der Waals surface area contributed by atoms with Gasteiger partial charge in [0.15, 0.2) is 6.04 Å². The Morgan fingerprint density at radius 3 is 2.50 bits per heavy atom. The lowest BCUT2D eigenvalue weighted by Crippen LogP contribution is -2.44. The number of carboxylic acids is 1. The molecule has 1 heterocycles. The van der Waals surface area contributed by atoms with Crippen molar-refractivity contribution in [3.8, 4) is 0 Å². The standard InChI is InChI=1S/C13H21N3O4/c1-13(2,3)10-6-9(16(4)15-10)11(17)14-8(7-20-5)12(18)19/h6,8H,7H2,1-5H3,(H,14,17)(H,18,19). The van der Waals surface area contributed by atoms with Gasteiger partial charge in [-0.05, 0) is 6.07 Å². The average Bonchev–Trinajstić information content (AvgIpc) is 2.70. The highest BCUT2D eigenvalue weighted by molar-refractivity contribution is 5.95. The van der Waals surface area contributed by atoms with Crippen LogP contribution < -0.4 is 5.32 Å². The second-order valence-corrected chi connectivity index (χ2v) is 5.61. The van der Waals surface area contributed by atoms with Crippen LogP contribution in [0.4, 0.5) is 0 Å². The van der Waals surface area contributed by atoms with Crippen molar-refractivity contribution < 1.29 is 19.4 Å². The molecule has 1 aromatic heterocycles. The summed E-state index contributed by atoms with van der Waals surface area (Å²) < 4.78 is 6.22. The lowest BCUT2D eigenvalue weighted by Gasteiger charge is -2.14. The summed E-state index contributed by atoms with van der Waals surface area (Å²) in [4.78, 5) is 23.1. The molecular weight excluding hydrogens is 262 g/mol. The molecule has 7 heteroatoms. The lowest BCUT2D eigenvalue weighted by atomic mass is 9.92. The zero-order valence-electron chi connectivity index (χ0n) is 12.4. The fourth-order valence-electron chi connectivity index (χ4n) is 1.62. The SMILES string of the molecule is COCC(NC(=O)c1cc(C(C)(C)C)nn1C)C(=O)O. The second-order valence-electron chi connectivity index (χ2n) is 5.61. The van der Waals surface area contributed by atoms with E-state index in [1.807, 2.05) is 20.8 Å². The predicted octanol–water partition coefficient (Wildman–Crippen LogP) is 0.547. The van der Waals surface area contributed by atoms with Crippen LogP contribution in [0.2, 0.25) is 0 Å². The minimum atomic E-state index is -1.14. The monoisotopic (exact) mass is 283 g/mol. The van der Waals surface area contributed by atoms with E-state index in [4.69, 9.17) is 9.84 Å². The molecule has 1 unspecified atom stereocenters. The third kappa shape index (κ3) is 3.80. The van der Waals surface area contributed by atoms with Crippen molar-refractivity contribution in [3.05, 3.63) is 17.5 Å². The summed E-state index contributed by atoms with van der Waals surface area (Å²) >= 11 is 0. The molecule has 0 aliphatic carbocycles. The number of rotatable bonds is 5. The Kier molecular flexibility index (Phi) is 4.88. The van der Waals surface area contributed by atoms with Crippen molar-refractivity contribution in [2.75, 3.05) is 13.7 Å². The van der Waals surface area contributed by atoms with Crippen molar-refractivity contribution in [2.24, 2.45) is 7.05 Å². The molecule has 0 spiro atoms. The van der Waals surface area contributed by atoms with E-state index in [0.717, 1.165) is 5.69 Å². The molecular formula is C13H21N3O4. The number of aromatic nitrogens is 2. The maximum Gasteiger partial charge on any atom is 0.328 e. The molecule has 0 bridgehead atoms. The Balaban J connectivity index is 2.92. The van der Waals surface area contributed by atoms with Gasteiger partial charge >= 0.3 is 5.97 Å². The van der Waals surface area contributed by atoms with E-state index in [1.54, 1.807) is 13.1 Å². The summed E-state index contributed by atoms with van der Waals surface area (Å²) in [6.07, 6.45) is 0. The van der Waals surface area contributed by atoms with Gasteiger partial charge < -0.3 is 15.2 Å². The number of hydrogen-bond donors (Lipinski definition) is 2. The highest BCUT2D eigenvalue weighted by atomic mass is 16.5. The van der Waals surface area contributed by atoms with Gasteiger partial charge in [-0.2, -0.15) is 5.10 Å². The summed E-state index contributed by atoms with van der Waals surface area (Å²) in [5, 5.41) is 15.7. The van der Waals surface area contributed by atoms with E-state index in [2.05, 4.69) is 10.4 Å². The third-order valence-electron chi connectivity index (χ3n) is 2.82. The molecule has 7 nitrogen and oxygen atoms in total. The average molecular weight is 283 g/mol. The molecule has 1 amide bonds. The Morgan fingerprint density at radius 1 is 1.50 bits per heavy atom. The highest BCUT2D eigenvalue weighted by Crippen LogP contribution is 2.21. The Labute approximate surface area is 117 Å². The minimum Gasteiger partial charge on any atom is -0.480 e. The number of amides is 1. The fourth-order valence-corrected chi connectivity index (χ4v) is 1.62. The number of aliphatic carboxylic acids is 1. The van der Waals surface area contributed by atoms with Gasteiger partial charge in [-0.25, -0.2) is 4.79 Å². The largest absolute Gasteiger partial charge is 0.480 e. The molecule has 0 fully saturated rings. The van der Waals surface area contributed by atoms with Crippen LogP contribution in [0.3, 0.4) is 0 Å². The smallest absolute Gasteiger partial charge is 0.328 e. The van der Waals surface area contributed by atoms with Crippen LogP contribution in [0.25, 0.3) is 0 Å². The zero-order chi connectivity index (χ0) is 15.5. The van der Waals surface area contributed by atoms with Crippen molar-refractivity contribution in [1.29, 1.82) is 0 Å². The topological polar surface area (TPSA) is 93.5 Å². The van der Waals surface area contributed by atoms with E-state index in [0.29, 0.717) is 5.69 Å². The summed E-state index contributed by atoms with van der Waals surface area (Å²) in [6, 6.07) is 0.585. The molecule has 1 aromatic rings. The van der Waals surface area contributed by atoms with E-state index in [9.17, 15) is 9.59 Å². The van der Waals surface area contributed by atoms with Gasteiger partial charge in [0.05, 0.1) is 12.3 Å². The Hall–Kier alpha value is -1.89. The summed E-state index contributed by atoms with van der Waals surface area (Å²) in [6.45, 7) is 5.87. The molecule has 1 atom stereocenters. The predicted molar refractivity (Wildman–Crippen MR) is 72.7 cm³/mol. The first-order chi connectivity index (χ1) is 9.16. The third-order valence-corrected chi connectivity index (χ3v) is 2.82. The maximum absolute atomic E-state index is 12.1. The molecule has 0 saturated heterocycles. The molecule has 0 aliphatic rings. The van der Waals surface area contributed by atoms with Crippen molar-refractivity contribution in [2.45, 2.75) is 32.2 Å². The van der Waals surface area contributed by atoms with Gasteiger partial charge in [0.25, 0.3) is 5.91 Å². The van der Waals surface area contributed by atoms with Gasteiger partial charge in [-0.3, -0.25) is 9.48 Å². The van der Waals surface area contributed by atoms with E-state index >= 15 is 0 Å². The molecule has 0 saturated carbocycles. The first-order valence-electron chi connectivity index (χ1n) is 6.24. The van der Waals surface area contributed by atoms with Crippen LogP contribution >= 0.6 is 0 Å². The first kappa shape index (κ1) is 16.2. The molecule has 0 aromatic carbocycles. The van der Waals surface area contributed by atoms with Crippen LogP contribution in [0.15, 0.2) is 6.07 Å². The van der Waals surface area contributed by atoms with Crippen LogP contribution in [0.5, 0.6) is 0 Å². The Morgan fingerprint density at radius 2 is 2.10 bits per heavy atom. The zero-order valence-corrected chi connectivity index (χ0v) is 12.4. The number of hydrogen-bond acceptors (Lipinski definition) is 4. The van der Waals surface area contributed by atoms with Gasteiger partial charge in [0.1, 0.15) is 5.69 Å². The Bertz CT molecular complexity index is 502. The van der Waals surface area contributed by atoms with Crippen molar-refractivity contribution in [1.82, 2.24) is 15.1 Å². The van der Waals surface area contributed by atoms with E-state index < -0.39 is 17.9 Å². The molecule has 112 valence electrons. The van der Waals surface area contributed by atoms with Crippen LogP contribution in [0, 0.1) is 0 Å². The van der Waals surface area contributed by atoms with Crippen molar-refractivity contribution >= 4 is 11.9 Å². The lowest BCUT2D eigenvalue weighted by molar-refractivity contribution is -0.140. The summed E-state index contributed by atoms with van der Waals surface area (Å²) in [5.41, 5.74) is 0.899. The number of carboxylic acid groups (broad SMARTS) is 1. The number of methoxy groups -OCH3 is 1. The molecule has 0 radical (unpaired) electrons. The number of nitrogens with zero attached hydrogens (tertiary/aromatic N) is 2. The van der Waals surface area contributed by atoms with Crippen LogP contribution in [-0.2, 0) is 22.0 Å². The maximum atomic E-state index is 12.1. The van der Waals surface area contributed by atoms with Gasteiger partial charge in [0.2, 0.25) is 0 Å². The quantitative estimate of drug-likeness (QED) is 0.823. The first-order valence-corrected chi connectivity index (χ1v) is 6.24. The van der Waals surface area contributed by atoms with E-state index in [-0.39, 0.29) is 12.0 Å². The fraction of sp³-hybridized carbons (Fsp3) is 0.615. The highest BCUT2D eigenvalue weighted by Gasteiger charge is 2.25. The van der Waals surface area contributed by atoms with Crippen LogP contribution in [-0.4, -0.2) is 46.5 Å². The second kappa shape index (κ2) is 6.04. The van der Waals surface area contributed by atoms with Crippen molar-refractivity contribution in [3.63, 3.8) is 0 Å². The van der Waals surface area contributed by atoms with Gasteiger partial charge in [0, 0.05) is 19.6 Å². The number of nitrogens with one attached hydrogen (secondary N) is 1. The van der Waals surface area contributed by atoms with Gasteiger partial charge in [-0.15, -0.1) is 0 Å². The summed E-state index contributed by atoms with van der Waals surface area (Å²) in [5.74, 6) is -1.63. The number of aryl methyl sites for hydroxylation is 1. The summed E-state index contributed by atoms with van der Waals surface area (Å²) in [7, 11) is 3.03. The molecule has 1 rings (SSSR count). The molecule has 2 N–H and O–H groups in total. The molecule has 0 aliphatic heterocycles. The number of ether oxygens (including phenoxy) is 1. The minimum absolute atomic E-state index is 0.0922. The van der Waals surface area contributed by atoms with Gasteiger partial charge in [-0.1, -0.05) is 20.8 Å². The number of carbonyl (C=O) groups is 2. The normalized spacial score (nSPS) is 13.1. The van der Waals surface area contributed by atoms with Crippen LogP contribution in [0.1, 0.15) is 37.0 Å². The number of carbonyl (C=O) groups excluding carboxylic acids is 1. The molecule has 20 heavy (non-hydrogen) atoms. The van der Waals surface area contributed by atoms with E-state index in [1.165, 1.54) is 11.8 Å².